The summed E-state index contributed by atoms with van der Waals surface area (Å²) in [4.78, 5) is 19.6. The third-order valence-electron chi connectivity index (χ3n) is 7.07. The van der Waals surface area contributed by atoms with Crippen molar-refractivity contribution in [1.29, 1.82) is 0 Å². The fourth-order valence-corrected chi connectivity index (χ4v) is 7.82. The Morgan fingerprint density at radius 1 is 1.00 bits per heavy atom. The minimum absolute atomic E-state index is 0.00356. The number of piperidine rings is 1. The Morgan fingerprint density at radius 3 is 2.15 bits per heavy atom. The lowest BCUT2D eigenvalue weighted by atomic mass is 9.98. The lowest BCUT2D eigenvalue weighted by Gasteiger charge is -2.38. The Morgan fingerprint density at radius 2 is 1.60 bits per heavy atom. The van der Waals surface area contributed by atoms with E-state index in [2.05, 4.69) is 10.1 Å². The Hall–Kier alpha value is -2.76. The highest BCUT2D eigenvalue weighted by molar-refractivity contribution is 7.89. The number of anilines is 1. The van der Waals surface area contributed by atoms with Gasteiger partial charge in [-0.2, -0.15) is 26.8 Å². The highest BCUT2D eigenvalue weighted by Crippen LogP contribution is 2.29. The molecule has 40 heavy (non-hydrogen) atoms. The van der Waals surface area contributed by atoms with E-state index >= 15 is 0 Å². The minimum Gasteiger partial charge on any atom is -0.339 e. The first-order valence-electron chi connectivity index (χ1n) is 12.8. The van der Waals surface area contributed by atoms with Crippen LogP contribution in [0.15, 0.2) is 38.6 Å². The van der Waals surface area contributed by atoms with Gasteiger partial charge in [0, 0.05) is 52.4 Å². The molecule has 222 valence electrons. The molecular formula is C23H31F3N6O6S2. The summed E-state index contributed by atoms with van der Waals surface area (Å²) < 4.78 is 97.7. The van der Waals surface area contributed by atoms with Crippen molar-refractivity contribution >= 4 is 32.0 Å². The molecule has 0 radical (unpaired) electrons. The molecule has 0 N–H and O–H groups in total. The standard InChI is InChI=1S/C23H31F3N6O6S2/c1-3-31(4-2)39(34,35)18-7-9-19(10-8-18)40(36,37)32-11-5-6-17(16-32)20(33)29-12-14-30(15-13-29)22-27-21(28-38-22)23(24,25)26/h7-10,17H,3-6,11-16H2,1-2H3. The molecule has 0 aliphatic carbocycles. The van der Waals surface area contributed by atoms with Gasteiger partial charge in [0.1, 0.15) is 0 Å². The average Bonchev–Trinajstić information content (AvgIpc) is 3.45. The number of nitrogens with zero attached hydrogens (tertiary/aromatic N) is 6. The summed E-state index contributed by atoms with van der Waals surface area (Å²) in [5, 5.41) is 2.95. The SMILES string of the molecule is CCN(CC)S(=O)(=O)c1ccc(S(=O)(=O)N2CCCC(C(=O)N3CCN(c4nc(C(F)(F)F)no4)CC3)C2)cc1. The van der Waals surface area contributed by atoms with E-state index in [4.69, 9.17) is 4.52 Å². The van der Waals surface area contributed by atoms with Crippen LogP contribution in [-0.4, -0.2) is 98.8 Å². The summed E-state index contributed by atoms with van der Waals surface area (Å²) in [6.07, 6.45) is -3.77. The predicted octanol–water partition coefficient (Wildman–Crippen LogP) is 1.87. The van der Waals surface area contributed by atoms with Crippen LogP contribution in [-0.2, 0) is 31.0 Å². The number of aromatic nitrogens is 2. The summed E-state index contributed by atoms with van der Waals surface area (Å²) in [6.45, 7) is 4.97. The number of piperazine rings is 1. The van der Waals surface area contributed by atoms with Gasteiger partial charge in [0.25, 0.3) is 5.82 Å². The second-order valence-electron chi connectivity index (χ2n) is 9.47. The molecule has 0 bridgehead atoms. The van der Waals surface area contributed by atoms with Crippen LogP contribution in [0, 0.1) is 5.92 Å². The highest BCUT2D eigenvalue weighted by atomic mass is 32.2. The normalized spacial score (nSPS) is 19.8. The molecule has 1 atom stereocenters. The van der Waals surface area contributed by atoms with E-state index in [1.807, 2.05) is 0 Å². The zero-order chi connectivity index (χ0) is 29.3. The summed E-state index contributed by atoms with van der Waals surface area (Å²) in [5.74, 6) is -2.19. The second-order valence-corrected chi connectivity index (χ2v) is 13.3. The van der Waals surface area contributed by atoms with Crippen molar-refractivity contribution in [3.8, 4) is 0 Å². The number of hydrogen-bond acceptors (Lipinski definition) is 9. The van der Waals surface area contributed by atoms with Crippen LogP contribution in [0.2, 0.25) is 0 Å². The highest BCUT2D eigenvalue weighted by Gasteiger charge is 2.39. The zero-order valence-electron chi connectivity index (χ0n) is 22.0. The van der Waals surface area contributed by atoms with Crippen molar-refractivity contribution in [2.24, 2.45) is 5.92 Å². The van der Waals surface area contributed by atoms with Crippen molar-refractivity contribution < 1.29 is 39.3 Å². The Balaban J connectivity index is 1.39. The second kappa shape index (κ2) is 11.6. The number of amides is 1. The number of halogens is 3. The van der Waals surface area contributed by atoms with Gasteiger partial charge in [-0.25, -0.2) is 16.8 Å². The van der Waals surface area contributed by atoms with Gasteiger partial charge in [-0.3, -0.25) is 4.79 Å². The maximum absolute atomic E-state index is 13.3. The van der Waals surface area contributed by atoms with Crippen molar-refractivity contribution in [2.45, 2.75) is 42.7 Å². The van der Waals surface area contributed by atoms with E-state index in [9.17, 15) is 34.8 Å². The van der Waals surface area contributed by atoms with Gasteiger partial charge in [0.15, 0.2) is 0 Å². The van der Waals surface area contributed by atoms with Gasteiger partial charge >= 0.3 is 12.2 Å². The molecule has 3 heterocycles. The van der Waals surface area contributed by atoms with Crippen molar-refractivity contribution in [2.75, 3.05) is 57.3 Å². The summed E-state index contributed by atoms with van der Waals surface area (Å²) >= 11 is 0. The average molecular weight is 609 g/mol. The monoisotopic (exact) mass is 608 g/mol. The molecule has 0 saturated carbocycles. The first kappa shape index (κ1) is 30.2. The van der Waals surface area contributed by atoms with Crippen LogP contribution in [0.1, 0.15) is 32.5 Å². The molecule has 4 rings (SSSR count). The molecule has 2 aliphatic rings. The molecule has 2 saturated heterocycles. The Bertz CT molecular complexity index is 1400. The summed E-state index contributed by atoms with van der Waals surface area (Å²) in [5.41, 5.74) is 0. The van der Waals surface area contributed by atoms with Crippen LogP contribution >= 0.6 is 0 Å². The Labute approximate surface area is 230 Å². The molecule has 12 nitrogen and oxygen atoms in total. The third kappa shape index (κ3) is 6.11. The lowest BCUT2D eigenvalue weighted by molar-refractivity contribution is -0.146. The van der Waals surface area contributed by atoms with Crippen LogP contribution in [0.4, 0.5) is 19.2 Å². The maximum Gasteiger partial charge on any atom is 0.455 e. The van der Waals surface area contributed by atoms with Crippen LogP contribution in [0.5, 0.6) is 0 Å². The number of hydrogen-bond donors (Lipinski definition) is 0. The van der Waals surface area contributed by atoms with Crippen molar-refractivity contribution in [3.05, 3.63) is 30.1 Å². The van der Waals surface area contributed by atoms with Gasteiger partial charge in [-0.05, 0) is 42.3 Å². The van der Waals surface area contributed by atoms with E-state index in [1.165, 1.54) is 37.8 Å². The molecule has 17 heteroatoms. The Kier molecular flexibility index (Phi) is 8.77. The fourth-order valence-electron chi connectivity index (χ4n) is 4.84. The zero-order valence-corrected chi connectivity index (χ0v) is 23.7. The van der Waals surface area contributed by atoms with E-state index in [-0.39, 0.29) is 74.1 Å². The van der Waals surface area contributed by atoms with E-state index < -0.39 is 38.0 Å². The van der Waals surface area contributed by atoms with Crippen LogP contribution in [0.25, 0.3) is 0 Å². The van der Waals surface area contributed by atoms with Gasteiger partial charge < -0.3 is 14.3 Å². The van der Waals surface area contributed by atoms with E-state index in [1.54, 1.807) is 18.7 Å². The third-order valence-corrected chi connectivity index (χ3v) is 11.0. The van der Waals surface area contributed by atoms with Crippen LogP contribution in [0.3, 0.4) is 0 Å². The molecule has 2 fully saturated rings. The fraction of sp³-hybridized carbons (Fsp3) is 0.609. The number of benzene rings is 1. The largest absolute Gasteiger partial charge is 0.455 e. The number of carbonyl (C=O) groups excluding carboxylic acids is 1. The number of carbonyl (C=O) groups is 1. The summed E-state index contributed by atoms with van der Waals surface area (Å²) in [6, 6.07) is 4.79. The molecule has 0 spiro atoms. The van der Waals surface area contributed by atoms with Gasteiger partial charge in [-0.15, -0.1) is 0 Å². The quantitative estimate of drug-likeness (QED) is 0.440. The molecular weight excluding hydrogens is 577 g/mol. The van der Waals surface area contributed by atoms with Crippen molar-refractivity contribution in [3.63, 3.8) is 0 Å². The van der Waals surface area contributed by atoms with Crippen LogP contribution < -0.4 is 4.90 Å². The van der Waals surface area contributed by atoms with E-state index in [0.29, 0.717) is 12.8 Å². The van der Waals surface area contributed by atoms with E-state index in [0.717, 1.165) is 0 Å². The number of sulfonamides is 2. The lowest BCUT2D eigenvalue weighted by Crippen LogP contribution is -2.53. The molecule has 2 aromatic rings. The molecule has 1 aromatic carbocycles. The maximum atomic E-state index is 13.3. The number of rotatable bonds is 8. The van der Waals surface area contributed by atoms with Gasteiger partial charge in [0.2, 0.25) is 26.0 Å². The van der Waals surface area contributed by atoms with Gasteiger partial charge in [0.05, 0.1) is 15.7 Å². The molecule has 1 amide bonds. The molecule has 1 unspecified atom stereocenters. The van der Waals surface area contributed by atoms with Crippen molar-refractivity contribution in [1.82, 2.24) is 23.7 Å². The topological polar surface area (TPSA) is 137 Å². The smallest absolute Gasteiger partial charge is 0.339 e. The number of alkyl halides is 3. The molecule has 1 aromatic heterocycles. The predicted molar refractivity (Wildman–Crippen MR) is 136 cm³/mol. The first-order chi connectivity index (χ1) is 18.8. The summed E-state index contributed by atoms with van der Waals surface area (Å²) in [7, 11) is -7.72. The first-order valence-corrected chi connectivity index (χ1v) is 15.7. The van der Waals surface area contributed by atoms with Gasteiger partial charge in [-0.1, -0.05) is 13.8 Å². The minimum atomic E-state index is -4.72. The molecule has 2 aliphatic heterocycles.